The zero-order chi connectivity index (χ0) is 15.2. The van der Waals surface area contributed by atoms with Gasteiger partial charge in [-0.25, -0.2) is 0 Å². The number of aliphatic hydroxyl groups excluding tert-OH is 1. The van der Waals surface area contributed by atoms with Crippen molar-refractivity contribution in [3.05, 3.63) is 35.9 Å². The van der Waals surface area contributed by atoms with Crippen LogP contribution in [0.25, 0.3) is 6.08 Å². The van der Waals surface area contributed by atoms with Crippen molar-refractivity contribution < 1.29 is 14.6 Å². The molecule has 2 atom stereocenters. The molecule has 1 saturated heterocycles. The number of hydrogen-bond acceptors (Lipinski definition) is 3. The third-order valence-electron chi connectivity index (χ3n) is 4.13. The Balaban J connectivity index is 2.11. The minimum atomic E-state index is -0.0754. The lowest BCUT2D eigenvalue weighted by molar-refractivity contribution is -0.132. The van der Waals surface area contributed by atoms with E-state index in [2.05, 4.69) is 6.92 Å². The van der Waals surface area contributed by atoms with Gasteiger partial charge in [-0.05, 0) is 30.9 Å². The average Bonchev–Trinajstić information content (AvgIpc) is 2.52. The molecular formula is C17H23NO3. The quantitative estimate of drug-likeness (QED) is 0.866. The van der Waals surface area contributed by atoms with Crippen molar-refractivity contribution in [2.75, 3.05) is 20.3 Å². The van der Waals surface area contributed by atoms with Crippen LogP contribution in [0.5, 0.6) is 5.75 Å². The van der Waals surface area contributed by atoms with Gasteiger partial charge in [0.2, 0.25) is 5.91 Å². The Bertz CT molecular complexity index is 513. The number of likely N-dealkylation sites (tertiary alicyclic amines) is 1. The number of hydrogen-bond donors (Lipinski definition) is 1. The second-order valence-electron chi connectivity index (χ2n) is 5.48. The van der Waals surface area contributed by atoms with Gasteiger partial charge >= 0.3 is 0 Å². The molecule has 114 valence electrons. The number of para-hydroxylation sites is 1. The first-order valence-corrected chi connectivity index (χ1v) is 7.40. The summed E-state index contributed by atoms with van der Waals surface area (Å²) in [5, 5.41) is 9.51. The molecule has 0 aromatic heterocycles. The summed E-state index contributed by atoms with van der Waals surface area (Å²) in [7, 11) is 1.61. The average molecular weight is 289 g/mol. The molecule has 0 radical (unpaired) electrons. The van der Waals surface area contributed by atoms with Gasteiger partial charge < -0.3 is 14.7 Å². The van der Waals surface area contributed by atoms with Crippen LogP contribution in [-0.2, 0) is 4.79 Å². The van der Waals surface area contributed by atoms with Gasteiger partial charge in [-0.3, -0.25) is 4.79 Å². The maximum absolute atomic E-state index is 12.4. The molecular weight excluding hydrogens is 266 g/mol. The molecule has 1 N–H and O–H groups in total. The highest BCUT2D eigenvalue weighted by Gasteiger charge is 2.30. The number of benzene rings is 1. The Kier molecular flexibility index (Phi) is 5.39. The van der Waals surface area contributed by atoms with E-state index in [4.69, 9.17) is 4.74 Å². The lowest BCUT2D eigenvalue weighted by Gasteiger charge is -2.38. The number of piperidine rings is 1. The predicted octanol–water partition coefficient (Wildman–Crippen LogP) is 2.33. The number of ether oxygens (including phenoxy) is 1. The van der Waals surface area contributed by atoms with Crippen molar-refractivity contribution in [2.24, 2.45) is 5.92 Å². The van der Waals surface area contributed by atoms with Crippen LogP contribution in [-0.4, -0.2) is 42.2 Å². The number of nitrogens with zero attached hydrogens (tertiary/aromatic N) is 1. The summed E-state index contributed by atoms with van der Waals surface area (Å²) in [5.74, 6) is 1.03. The molecule has 0 saturated carbocycles. The highest BCUT2D eigenvalue weighted by atomic mass is 16.5. The van der Waals surface area contributed by atoms with E-state index < -0.39 is 0 Å². The van der Waals surface area contributed by atoms with Gasteiger partial charge in [0.15, 0.2) is 0 Å². The minimum Gasteiger partial charge on any atom is -0.496 e. The van der Waals surface area contributed by atoms with Crippen molar-refractivity contribution in [1.29, 1.82) is 0 Å². The van der Waals surface area contributed by atoms with Gasteiger partial charge in [0, 0.05) is 18.2 Å². The molecule has 2 rings (SSSR count). The second-order valence-corrected chi connectivity index (χ2v) is 5.48. The summed E-state index contributed by atoms with van der Waals surface area (Å²) < 4.78 is 5.27. The van der Waals surface area contributed by atoms with Crippen molar-refractivity contribution in [3.8, 4) is 5.75 Å². The molecule has 21 heavy (non-hydrogen) atoms. The summed E-state index contributed by atoms with van der Waals surface area (Å²) in [4.78, 5) is 14.2. The van der Waals surface area contributed by atoms with Crippen LogP contribution in [0, 0.1) is 5.92 Å². The number of aliphatic hydroxyl groups is 1. The number of rotatable bonds is 4. The molecule has 4 heteroatoms. The summed E-state index contributed by atoms with van der Waals surface area (Å²) in [5.41, 5.74) is 0.874. The zero-order valence-corrected chi connectivity index (χ0v) is 12.7. The van der Waals surface area contributed by atoms with E-state index in [1.165, 1.54) is 0 Å². The molecule has 0 bridgehead atoms. The van der Waals surface area contributed by atoms with E-state index in [-0.39, 0.29) is 18.6 Å². The first-order chi connectivity index (χ1) is 10.2. The van der Waals surface area contributed by atoms with Crippen LogP contribution in [0.15, 0.2) is 30.3 Å². The van der Waals surface area contributed by atoms with Crippen LogP contribution < -0.4 is 4.74 Å². The predicted molar refractivity (Wildman–Crippen MR) is 83.0 cm³/mol. The molecule has 1 aromatic rings. The summed E-state index contributed by atoms with van der Waals surface area (Å²) >= 11 is 0. The highest BCUT2D eigenvalue weighted by molar-refractivity contribution is 5.92. The van der Waals surface area contributed by atoms with E-state index in [1.54, 1.807) is 24.2 Å². The third kappa shape index (κ3) is 3.64. The number of amides is 1. The molecule has 1 fully saturated rings. The maximum Gasteiger partial charge on any atom is 0.246 e. The lowest BCUT2D eigenvalue weighted by Crippen LogP contribution is -2.49. The summed E-state index contributed by atoms with van der Waals surface area (Å²) in [6, 6.07) is 7.50. The SMILES string of the molecule is COc1ccccc1/C=C/C(=O)N1CCCC(C)C1CO. The van der Waals surface area contributed by atoms with Crippen molar-refractivity contribution >= 4 is 12.0 Å². The molecule has 1 aliphatic heterocycles. The Morgan fingerprint density at radius 1 is 1.48 bits per heavy atom. The number of carbonyl (C=O) groups is 1. The van der Waals surface area contributed by atoms with Crippen molar-refractivity contribution in [1.82, 2.24) is 4.90 Å². The van der Waals surface area contributed by atoms with Crippen LogP contribution >= 0.6 is 0 Å². The Morgan fingerprint density at radius 2 is 2.24 bits per heavy atom. The molecule has 1 heterocycles. The fourth-order valence-corrected chi connectivity index (χ4v) is 2.86. The highest BCUT2D eigenvalue weighted by Crippen LogP contribution is 2.24. The van der Waals surface area contributed by atoms with Crippen LogP contribution in [0.1, 0.15) is 25.3 Å². The first-order valence-electron chi connectivity index (χ1n) is 7.40. The standard InChI is InChI=1S/C17H23NO3/c1-13-6-5-11-18(15(13)12-19)17(20)10-9-14-7-3-4-8-16(14)21-2/h3-4,7-10,13,15,19H,5-6,11-12H2,1-2H3/b10-9+. The zero-order valence-electron chi connectivity index (χ0n) is 12.7. The van der Waals surface area contributed by atoms with E-state index in [1.807, 2.05) is 24.3 Å². The van der Waals surface area contributed by atoms with Crippen LogP contribution in [0.2, 0.25) is 0 Å². The Labute approximate surface area is 126 Å². The molecule has 0 spiro atoms. The van der Waals surface area contributed by atoms with Gasteiger partial charge in [0.05, 0.1) is 19.8 Å². The monoisotopic (exact) mass is 289 g/mol. The molecule has 1 aliphatic rings. The van der Waals surface area contributed by atoms with Crippen molar-refractivity contribution in [2.45, 2.75) is 25.8 Å². The minimum absolute atomic E-state index is 0.0232. The van der Waals surface area contributed by atoms with Crippen molar-refractivity contribution in [3.63, 3.8) is 0 Å². The van der Waals surface area contributed by atoms with Gasteiger partial charge in [0.25, 0.3) is 0 Å². The van der Waals surface area contributed by atoms with E-state index >= 15 is 0 Å². The fraction of sp³-hybridized carbons (Fsp3) is 0.471. The van der Waals surface area contributed by atoms with E-state index in [0.29, 0.717) is 12.5 Å². The van der Waals surface area contributed by atoms with Gasteiger partial charge in [-0.15, -0.1) is 0 Å². The normalized spacial score (nSPS) is 22.5. The smallest absolute Gasteiger partial charge is 0.246 e. The molecule has 1 aromatic carbocycles. The molecule has 2 unspecified atom stereocenters. The van der Waals surface area contributed by atoms with E-state index in [0.717, 1.165) is 24.2 Å². The first kappa shape index (κ1) is 15.6. The fourth-order valence-electron chi connectivity index (χ4n) is 2.86. The third-order valence-corrected chi connectivity index (χ3v) is 4.13. The molecule has 0 aliphatic carbocycles. The Hall–Kier alpha value is -1.81. The summed E-state index contributed by atoms with van der Waals surface area (Å²) in [6.07, 6.45) is 5.39. The largest absolute Gasteiger partial charge is 0.496 e. The van der Waals surface area contributed by atoms with Gasteiger partial charge in [-0.2, -0.15) is 0 Å². The summed E-state index contributed by atoms with van der Waals surface area (Å²) in [6.45, 7) is 2.82. The maximum atomic E-state index is 12.4. The van der Waals surface area contributed by atoms with Gasteiger partial charge in [-0.1, -0.05) is 25.1 Å². The number of methoxy groups -OCH3 is 1. The number of carbonyl (C=O) groups excluding carboxylic acids is 1. The topological polar surface area (TPSA) is 49.8 Å². The van der Waals surface area contributed by atoms with E-state index in [9.17, 15) is 9.90 Å². The van der Waals surface area contributed by atoms with Gasteiger partial charge in [0.1, 0.15) is 5.75 Å². The lowest BCUT2D eigenvalue weighted by atomic mass is 9.91. The molecule has 1 amide bonds. The Morgan fingerprint density at radius 3 is 2.95 bits per heavy atom. The molecule has 4 nitrogen and oxygen atoms in total. The van der Waals surface area contributed by atoms with Crippen LogP contribution in [0.3, 0.4) is 0 Å². The van der Waals surface area contributed by atoms with Crippen LogP contribution in [0.4, 0.5) is 0 Å². The second kappa shape index (κ2) is 7.27.